The van der Waals surface area contributed by atoms with E-state index in [1.807, 2.05) is 42.5 Å². The number of anilines is 1. The van der Waals surface area contributed by atoms with E-state index in [1.54, 1.807) is 24.4 Å². The monoisotopic (exact) mass is 708 g/mol. The minimum absolute atomic E-state index is 0.0286. The van der Waals surface area contributed by atoms with Gasteiger partial charge in [-0.25, -0.2) is 4.90 Å². The van der Waals surface area contributed by atoms with Crippen LogP contribution in [0.3, 0.4) is 0 Å². The van der Waals surface area contributed by atoms with Crippen LogP contribution in [0.5, 0.6) is 5.75 Å². The number of allylic oxidation sites excluding steroid dienone is 1. The number of nitrogens with zero attached hydrogens (tertiary/aromatic N) is 2. The molecule has 4 atom stereocenters. The summed E-state index contributed by atoms with van der Waals surface area (Å²) in [4.78, 5) is 32.5. The molecule has 2 aliphatic heterocycles. The lowest BCUT2D eigenvalue weighted by Crippen LogP contribution is -2.35. The number of aliphatic hydroxyl groups excluding tert-OH is 1. The fourth-order valence-corrected chi connectivity index (χ4v) is 7.67. The number of carbonyl (C=O) groups is 2. The number of rotatable bonds is 7. The van der Waals surface area contributed by atoms with Crippen molar-refractivity contribution >= 4 is 39.9 Å². The molecule has 13 heteroatoms. The number of ether oxygens (including phenoxy) is 1. The Morgan fingerprint density at radius 3 is 2.22 bits per heavy atom. The van der Waals surface area contributed by atoms with Gasteiger partial charge in [-0.05, 0) is 89.4 Å². The molecule has 0 spiro atoms. The highest BCUT2D eigenvalue weighted by Gasteiger charge is 2.57. The SMILES string of the molecule is O=C1[C@@H]2[C@@H](CC(CO)=C3[C@@H](CC/C(=C/c4ccc(O)c5ccccc45)c4ccccn4)OC[C@@H]32)C(=O)N1c1cc(C(F)(F)F)cc(C(F)(F)F)c1. The second-order valence-corrected chi connectivity index (χ2v) is 12.9. The van der Waals surface area contributed by atoms with Gasteiger partial charge in [-0.15, -0.1) is 0 Å². The van der Waals surface area contributed by atoms with Crippen LogP contribution in [0.25, 0.3) is 22.4 Å². The molecule has 0 saturated carbocycles. The highest BCUT2D eigenvalue weighted by Crippen LogP contribution is 2.51. The van der Waals surface area contributed by atoms with E-state index in [-0.39, 0.29) is 24.8 Å². The number of benzene rings is 3. The summed E-state index contributed by atoms with van der Waals surface area (Å²) in [6.45, 7) is -0.500. The van der Waals surface area contributed by atoms with Crippen molar-refractivity contribution in [3.63, 3.8) is 0 Å². The maximum atomic E-state index is 13.9. The third-order valence-electron chi connectivity index (χ3n) is 9.96. The van der Waals surface area contributed by atoms with Gasteiger partial charge in [0.25, 0.3) is 0 Å². The Bertz CT molecular complexity index is 2060. The third-order valence-corrected chi connectivity index (χ3v) is 9.96. The van der Waals surface area contributed by atoms with Gasteiger partial charge < -0.3 is 14.9 Å². The Hall–Kier alpha value is -5.01. The molecule has 264 valence electrons. The number of amides is 2. The van der Waals surface area contributed by atoms with Crippen molar-refractivity contribution in [3.05, 3.63) is 113 Å². The number of alkyl halides is 6. The van der Waals surface area contributed by atoms with Crippen molar-refractivity contribution in [2.45, 2.75) is 37.7 Å². The Labute approximate surface area is 287 Å². The number of hydrogen-bond acceptors (Lipinski definition) is 6. The number of phenolic OH excluding ortho intramolecular Hbond substituents is 1. The molecule has 1 aliphatic carbocycles. The molecule has 2 amide bonds. The normalized spacial score (nSPS) is 22.6. The average Bonchev–Trinajstić information content (AvgIpc) is 3.64. The molecule has 2 fully saturated rings. The van der Waals surface area contributed by atoms with E-state index in [1.165, 1.54) is 0 Å². The van der Waals surface area contributed by atoms with Gasteiger partial charge >= 0.3 is 12.4 Å². The molecule has 7 nitrogen and oxygen atoms in total. The first kappa shape index (κ1) is 34.4. The topological polar surface area (TPSA) is 100.0 Å². The van der Waals surface area contributed by atoms with Gasteiger partial charge in [-0.2, -0.15) is 26.3 Å². The molecular formula is C38H30F6N2O5. The summed E-state index contributed by atoms with van der Waals surface area (Å²) in [5.41, 5.74) is -0.646. The van der Waals surface area contributed by atoms with Gasteiger partial charge in [0.2, 0.25) is 11.8 Å². The first-order chi connectivity index (χ1) is 24.3. The second kappa shape index (κ2) is 13.0. The van der Waals surface area contributed by atoms with Crippen molar-refractivity contribution in [1.29, 1.82) is 0 Å². The number of aliphatic hydroxyl groups is 1. The molecule has 3 aliphatic rings. The van der Waals surface area contributed by atoms with Crippen molar-refractivity contribution in [3.8, 4) is 5.75 Å². The van der Waals surface area contributed by atoms with Crippen LogP contribution in [0.4, 0.5) is 32.0 Å². The van der Waals surface area contributed by atoms with E-state index in [2.05, 4.69) is 4.98 Å². The summed E-state index contributed by atoms with van der Waals surface area (Å²) in [6, 6.07) is 17.0. The Balaban J connectivity index is 1.19. The van der Waals surface area contributed by atoms with Crippen molar-refractivity contribution in [2.24, 2.45) is 17.8 Å². The van der Waals surface area contributed by atoms with E-state index < -0.39 is 71.4 Å². The average molecular weight is 709 g/mol. The summed E-state index contributed by atoms with van der Waals surface area (Å²) in [7, 11) is 0. The molecule has 0 unspecified atom stereocenters. The van der Waals surface area contributed by atoms with Crippen LogP contribution >= 0.6 is 0 Å². The summed E-state index contributed by atoms with van der Waals surface area (Å²) < 4.78 is 88.1. The van der Waals surface area contributed by atoms with Crippen LogP contribution in [0.1, 0.15) is 41.6 Å². The van der Waals surface area contributed by atoms with Gasteiger partial charge in [0.05, 0.1) is 53.7 Å². The standard InChI is InChI=1S/C38H30F6N2O5/c39-37(40,41)23-15-24(38(42,43)44)17-25(16-23)46-35(49)28-14-22(18-47)33-29(34(28)36(46)50)19-51-32(33)11-9-21(30-7-3-4-12-45-30)13-20-8-10-31(48)27-6-2-1-5-26(20)27/h1-8,10,12-13,15-17,28-29,32,34,47-48H,9,11,14,18-19H2/b21-13-/t28-,29+,32-,34-/m1/s1. The molecule has 7 rings (SSSR count). The van der Waals surface area contributed by atoms with Crippen LogP contribution in [0.2, 0.25) is 0 Å². The number of hydrogen-bond donors (Lipinski definition) is 2. The zero-order valence-electron chi connectivity index (χ0n) is 26.7. The fourth-order valence-electron chi connectivity index (χ4n) is 7.67. The Morgan fingerprint density at radius 1 is 0.882 bits per heavy atom. The predicted molar refractivity (Wildman–Crippen MR) is 175 cm³/mol. The number of imide groups is 1. The van der Waals surface area contributed by atoms with E-state index in [0.717, 1.165) is 16.5 Å². The number of aromatic nitrogens is 1. The molecule has 3 aromatic carbocycles. The van der Waals surface area contributed by atoms with Crippen LogP contribution < -0.4 is 4.90 Å². The number of halogens is 6. The van der Waals surface area contributed by atoms with Gasteiger partial charge in [0, 0.05) is 17.5 Å². The van der Waals surface area contributed by atoms with Crippen LogP contribution in [-0.2, 0) is 26.7 Å². The lowest BCUT2D eigenvalue weighted by atomic mass is 9.69. The van der Waals surface area contributed by atoms with Gasteiger partial charge in [0.1, 0.15) is 5.75 Å². The minimum atomic E-state index is -5.17. The van der Waals surface area contributed by atoms with Crippen LogP contribution in [0, 0.1) is 17.8 Å². The van der Waals surface area contributed by atoms with Crippen molar-refractivity contribution in [2.75, 3.05) is 18.1 Å². The second-order valence-electron chi connectivity index (χ2n) is 12.9. The molecule has 4 aromatic rings. The van der Waals surface area contributed by atoms with Gasteiger partial charge in [-0.1, -0.05) is 36.4 Å². The third kappa shape index (κ3) is 6.29. The zero-order chi connectivity index (χ0) is 36.2. The fraction of sp³-hybridized carbons (Fsp3) is 0.289. The summed E-state index contributed by atoms with van der Waals surface area (Å²) in [5, 5.41) is 22.3. The van der Waals surface area contributed by atoms with Crippen molar-refractivity contribution < 1.29 is 50.9 Å². The Kier molecular flexibility index (Phi) is 8.75. The molecule has 2 N–H and O–H groups in total. The van der Waals surface area contributed by atoms with E-state index >= 15 is 0 Å². The Morgan fingerprint density at radius 2 is 1.57 bits per heavy atom. The smallest absolute Gasteiger partial charge is 0.416 e. The first-order valence-electron chi connectivity index (χ1n) is 16.2. The maximum Gasteiger partial charge on any atom is 0.416 e. The number of aromatic hydroxyl groups is 1. The molecule has 2 saturated heterocycles. The number of pyridine rings is 1. The van der Waals surface area contributed by atoms with E-state index in [0.29, 0.717) is 52.1 Å². The number of carbonyl (C=O) groups excluding carboxylic acids is 2. The molecule has 0 bridgehead atoms. The highest BCUT2D eigenvalue weighted by molar-refractivity contribution is 6.22. The van der Waals surface area contributed by atoms with Crippen molar-refractivity contribution in [1.82, 2.24) is 4.98 Å². The van der Waals surface area contributed by atoms with Crippen LogP contribution in [0.15, 0.2) is 90.1 Å². The molecular weight excluding hydrogens is 678 g/mol. The lowest BCUT2D eigenvalue weighted by molar-refractivity contribution is -0.143. The summed E-state index contributed by atoms with van der Waals surface area (Å²) >= 11 is 0. The molecule has 0 radical (unpaired) electrons. The predicted octanol–water partition coefficient (Wildman–Crippen LogP) is 7.81. The molecule has 51 heavy (non-hydrogen) atoms. The number of phenols is 1. The van der Waals surface area contributed by atoms with Gasteiger partial charge in [0.15, 0.2) is 0 Å². The zero-order valence-corrected chi connectivity index (χ0v) is 26.7. The highest BCUT2D eigenvalue weighted by atomic mass is 19.4. The minimum Gasteiger partial charge on any atom is -0.507 e. The largest absolute Gasteiger partial charge is 0.507 e. The molecule has 1 aromatic heterocycles. The summed E-state index contributed by atoms with van der Waals surface area (Å²) in [6.07, 6.45) is -6.61. The van der Waals surface area contributed by atoms with Crippen LogP contribution in [-0.4, -0.2) is 46.3 Å². The molecule has 3 heterocycles. The first-order valence-corrected chi connectivity index (χ1v) is 16.2. The summed E-state index contributed by atoms with van der Waals surface area (Å²) in [5.74, 6) is -4.59. The quantitative estimate of drug-likeness (QED) is 0.116. The number of fused-ring (bicyclic) bond motifs is 4. The lowest BCUT2D eigenvalue weighted by Gasteiger charge is -2.31. The van der Waals surface area contributed by atoms with Gasteiger partial charge in [-0.3, -0.25) is 14.6 Å². The van der Waals surface area contributed by atoms with E-state index in [4.69, 9.17) is 4.74 Å². The maximum absolute atomic E-state index is 13.9. The van der Waals surface area contributed by atoms with E-state index in [9.17, 15) is 46.1 Å².